The molecule has 3 N–H and O–H groups in total. The van der Waals surface area contributed by atoms with Gasteiger partial charge in [-0.25, -0.2) is 12.8 Å². The van der Waals surface area contributed by atoms with E-state index in [1.54, 1.807) is 13.0 Å². The van der Waals surface area contributed by atoms with Crippen LogP contribution in [0.5, 0.6) is 0 Å². The Morgan fingerprint density at radius 1 is 1.23 bits per heavy atom. The summed E-state index contributed by atoms with van der Waals surface area (Å²) < 4.78 is 36.8. The Labute approximate surface area is 159 Å². The van der Waals surface area contributed by atoms with Crippen molar-refractivity contribution in [2.45, 2.75) is 30.7 Å². The number of carbonyl (C=O) groups excluding carboxylic acids is 1. The van der Waals surface area contributed by atoms with Crippen LogP contribution < -0.4 is 11.1 Å². The van der Waals surface area contributed by atoms with E-state index in [9.17, 15) is 17.6 Å². The number of anilines is 1. The highest BCUT2D eigenvalue weighted by Crippen LogP contribution is 2.20. The maximum absolute atomic E-state index is 14.0. The van der Waals surface area contributed by atoms with E-state index in [1.165, 1.54) is 12.1 Å². The van der Waals surface area contributed by atoms with E-state index in [0.29, 0.717) is 17.7 Å². The van der Waals surface area contributed by atoms with Crippen LogP contribution in [0.15, 0.2) is 47.4 Å². The summed E-state index contributed by atoms with van der Waals surface area (Å²) in [6.07, 6.45) is 1.71. The summed E-state index contributed by atoms with van der Waals surface area (Å²) in [6.45, 7) is 1.71. The number of rotatable bonds is 6. The minimum Gasteiger partial charge on any atom is -0.399 e. The van der Waals surface area contributed by atoms with Crippen LogP contribution in [0.1, 0.15) is 30.5 Å². The van der Waals surface area contributed by atoms with Crippen LogP contribution in [0.4, 0.5) is 10.1 Å². The summed E-state index contributed by atoms with van der Waals surface area (Å²) in [5.74, 6) is -1.01. The molecule has 0 radical (unpaired) electrons. The number of para-hydroxylation sites is 1. The van der Waals surface area contributed by atoms with E-state index in [0.717, 1.165) is 17.9 Å². The van der Waals surface area contributed by atoms with E-state index in [2.05, 4.69) is 5.32 Å². The van der Waals surface area contributed by atoms with Gasteiger partial charge < -0.3 is 11.1 Å². The molecule has 2 rings (SSSR count). The SMILES string of the molecule is CC(NC(=O)CCc1ccccc1N)c1ccc(S(C)(=O)=O)c(F)c1.Cl. The molecule has 1 unspecified atom stereocenters. The maximum atomic E-state index is 14.0. The fraction of sp³-hybridized carbons (Fsp3) is 0.278. The zero-order chi connectivity index (χ0) is 18.6. The first kappa shape index (κ1) is 21.9. The van der Waals surface area contributed by atoms with Crippen molar-refractivity contribution in [2.24, 2.45) is 0 Å². The third-order valence-electron chi connectivity index (χ3n) is 3.91. The van der Waals surface area contributed by atoms with Gasteiger partial charge in [0, 0.05) is 18.4 Å². The zero-order valence-electron chi connectivity index (χ0n) is 14.5. The van der Waals surface area contributed by atoms with Crippen molar-refractivity contribution >= 4 is 33.8 Å². The minimum absolute atomic E-state index is 0. The molecule has 2 aromatic carbocycles. The van der Waals surface area contributed by atoms with E-state index in [-0.39, 0.29) is 29.6 Å². The van der Waals surface area contributed by atoms with Gasteiger partial charge in [-0.05, 0) is 42.7 Å². The molecule has 0 spiro atoms. The standard InChI is InChI=1S/C18H21FN2O3S.ClH/c1-12(14-7-9-17(15(19)11-14)25(2,23)24)21-18(22)10-8-13-5-3-4-6-16(13)20;/h3-7,9,11-12H,8,10,20H2,1-2H3,(H,21,22);1H. The molecule has 0 aliphatic carbocycles. The van der Waals surface area contributed by atoms with Crippen LogP contribution in [0, 0.1) is 5.82 Å². The van der Waals surface area contributed by atoms with Gasteiger partial charge in [0.2, 0.25) is 5.91 Å². The second kappa shape index (κ2) is 9.00. The molecular formula is C18H22ClFN2O3S. The summed E-state index contributed by atoms with van der Waals surface area (Å²) in [6, 6.07) is 10.7. The number of halogens is 2. The first-order valence-electron chi connectivity index (χ1n) is 7.80. The molecule has 0 heterocycles. The largest absolute Gasteiger partial charge is 0.399 e. The van der Waals surface area contributed by atoms with Gasteiger partial charge in [0.05, 0.1) is 6.04 Å². The molecule has 2 aromatic rings. The number of aryl methyl sites for hydroxylation is 1. The molecule has 0 saturated carbocycles. The number of nitrogens with two attached hydrogens (primary N) is 1. The van der Waals surface area contributed by atoms with E-state index in [4.69, 9.17) is 5.73 Å². The predicted octanol–water partition coefficient (Wildman–Crippen LogP) is 3.04. The topological polar surface area (TPSA) is 89.3 Å². The third kappa shape index (κ3) is 5.71. The molecule has 0 aliphatic rings. The van der Waals surface area contributed by atoms with Gasteiger partial charge in [0.15, 0.2) is 9.84 Å². The average Bonchev–Trinajstić information content (AvgIpc) is 2.52. The van der Waals surface area contributed by atoms with Crippen LogP contribution in [0.3, 0.4) is 0 Å². The van der Waals surface area contributed by atoms with Crippen LogP contribution in [-0.4, -0.2) is 20.6 Å². The van der Waals surface area contributed by atoms with E-state index in [1.807, 2.05) is 18.2 Å². The molecule has 26 heavy (non-hydrogen) atoms. The minimum atomic E-state index is -3.62. The van der Waals surface area contributed by atoms with Crippen molar-refractivity contribution in [3.8, 4) is 0 Å². The van der Waals surface area contributed by atoms with Gasteiger partial charge in [0.25, 0.3) is 0 Å². The van der Waals surface area contributed by atoms with Crippen molar-refractivity contribution in [1.82, 2.24) is 5.32 Å². The monoisotopic (exact) mass is 400 g/mol. The lowest BCUT2D eigenvalue weighted by atomic mass is 10.1. The van der Waals surface area contributed by atoms with E-state index < -0.39 is 21.7 Å². The number of amides is 1. The lowest BCUT2D eigenvalue weighted by molar-refractivity contribution is -0.121. The Hall–Kier alpha value is -2.12. The molecule has 1 atom stereocenters. The normalized spacial score (nSPS) is 12.1. The van der Waals surface area contributed by atoms with Gasteiger partial charge in [-0.1, -0.05) is 24.3 Å². The van der Waals surface area contributed by atoms with Gasteiger partial charge in [-0.15, -0.1) is 12.4 Å². The van der Waals surface area contributed by atoms with Crippen molar-refractivity contribution in [2.75, 3.05) is 12.0 Å². The summed E-state index contributed by atoms with van der Waals surface area (Å²) in [7, 11) is -3.62. The number of nitrogens with one attached hydrogen (secondary N) is 1. The van der Waals surface area contributed by atoms with Crippen LogP contribution >= 0.6 is 12.4 Å². The Morgan fingerprint density at radius 3 is 2.46 bits per heavy atom. The molecule has 0 fully saturated rings. The lowest BCUT2D eigenvalue weighted by Gasteiger charge is -2.15. The van der Waals surface area contributed by atoms with Gasteiger partial charge in [-0.3, -0.25) is 4.79 Å². The van der Waals surface area contributed by atoms with Crippen molar-refractivity contribution in [3.05, 3.63) is 59.4 Å². The fourth-order valence-electron chi connectivity index (χ4n) is 2.49. The molecule has 0 aromatic heterocycles. The van der Waals surface area contributed by atoms with Crippen LogP contribution in [-0.2, 0) is 21.1 Å². The Kier molecular flexibility index (Phi) is 7.59. The molecule has 0 bridgehead atoms. The summed E-state index contributed by atoms with van der Waals surface area (Å²) in [4.78, 5) is 11.7. The van der Waals surface area contributed by atoms with E-state index >= 15 is 0 Å². The van der Waals surface area contributed by atoms with Gasteiger partial charge >= 0.3 is 0 Å². The lowest BCUT2D eigenvalue weighted by Crippen LogP contribution is -2.27. The molecule has 142 valence electrons. The second-order valence-corrected chi connectivity index (χ2v) is 7.93. The van der Waals surface area contributed by atoms with Crippen LogP contribution in [0.25, 0.3) is 0 Å². The molecule has 0 saturated heterocycles. The average molecular weight is 401 g/mol. The number of carbonyl (C=O) groups is 1. The first-order valence-corrected chi connectivity index (χ1v) is 9.70. The molecule has 1 amide bonds. The quantitative estimate of drug-likeness (QED) is 0.729. The van der Waals surface area contributed by atoms with Crippen molar-refractivity contribution in [1.29, 1.82) is 0 Å². The van der Waals surface area contributed by atoms with Crippen molar-refractivity contribution in [3.63, 3.8) is 0 Å². The second-order valence-electron chi connectivity index (χ2n) is 5.95. The summed E-state index contributed by atoms with van der Waals surface area (Å²) in [5.41, 5.74) is 7.88. The fourth-order valence-corrected chi connectivity index (χ4v) is 3.22. The smallest absolute Gasteiger partial charge is 0.220 e. The van der Waals surface area contributed by atoms with Crippen LogP contribution in [0.2, 0.25) is 0 Å². The molecular weight excluding hydrogens is 379 g/mol. The zero-order valence-corrected chi connectivity index (χ0v) is 16.2. The number of hydrogen-bond donors (Lipinski definition) is 2. The van der Waals surface area contributed by atoms with Gasteiger partial charge in [-0.2, -0.15) is 0 Å². The number of hydrogen-bond acceptors (Lipinski definition) is 4. The highest BCUT2D eigenvalue weighted by Gasteiger charge is 2.17. The number of nitrogen functional groups attached to an aromatic ring is 1. The summed E-state index contributed by atoms with van der Waals surface area (Å²) >= 11 is 0. The highest BCUT2D eigenvalue weighted by molar-refractivity contribution is 7.90. The third-order valence-corrected chi connectivity index (χ3v) is 5.04. The van der Waals surface area contributed by atoms with Gasteiger partial charge in [0.1, 0.15) is 10.7 Å². The molecule has 5 nitrogen and oxygen atoms in total. The Balaban J connectivity index is 0.00000338. The highest BCUT2D eigenvalue weighted by atomic mass is 35.5. The Bertz CT molecular complexity index is 888. The molecule has 8 heteroatoms. The first-order chi connectivity index (χ1) is 11.7. The Morgan fingerprint density at radius 2 is 1.88 bits per heavy atom. The number of sulfone groups is 1. The van der Waals surface area contributed by atoms with Crippen molar-refractivity contribution < 1.29 is 17.6 Å². The summed E-state index contributed by atoms with van der Waals surface area (Å²) in [5, 5.41) is 2.78. The number of benzene rings is 2. The predicted molar refractivity (Wildman–Crippen MR) is 102 cm³/mol. The maximum Gasteiger partial charge on any atom is 0.220 e. The molecule has 0 aliphatic heterocycles.